The molecule has 112 valence electrons. The Labute approximate surface area is 122 Å². The molecule has 21 heavy (non-hydrogen) atoms. The predicted octanol–water partition coefficient (Wildman–Crippen LogP) is 2.39. The summed E-state index contributed by atoms with van der Waals surface area (Å²) in [7, 11) is 0. The number of carbonyl (C=O) groups excluding carboxylic acids is 1. The second-order valence-corrected chi connectivity index (χ2v) is 5.03. The molecule has 1 amide bonds. The molecule has 1 heterocycles. The van der Waals surface area contributed by atoms with Crippen molar-refractivity contribution in [1.29, 1.82) is 0 Å². The standard InChI is InChI=1S/C15H19N3O3/c1-10(16-13(19)8-4-5-9-14(20)21)15-17-11-6-2-3-7-12(11)18-15/h2-3,6-7,10H,4-5,8-9H2,1H3,(H,16,19)(H,17,18)(H,20,21). The molecular formula is C15H19N3O3. The number of aliphatic carboxylic acids is 1. The largest absolute Gasteiger partial charge is 0.481 e. The van der Waals surface area contributed by atoms with Crippen molar-refractivity contribution in [1.82, 2.24) is 15.3 Å². The number of carbonyl (C=O) groups is 2. The maximum absolute atomic E-state index is 11.8. The number of nitrogens with zero attached hydrogens (tertiary/aromatic N) is 1. The van der Waals surface area contributed by atoms with E-state index >= 15 is 0 Å². The summed E-state index contributed by atoms with van der Waals surface area (Å²) >= 11 is 0. The number of H-pyrrole nitrogens is 1. The number of fused-ring (bicyclic) bond motifs is 1. The molecular weight excluding hydrogens is 270 g/mol. The van der Waals surface area contributed by atoms with Crippen LogP contribution in [-0.4, -0.2) is 27.0 Å². The summed E-state index contributed by atoms with van der Waals surface area (Å²) in [6.45, 7) is 1.87. The molecule has 1 aromatic carbocycles. The molecule has 0 bridgehead atoms. The molecule has 0 saturated heterocycles. The summed E-state index contributed by atoms with van der Waals surface area (Å²) in [5, 5.41) is 11.4. The maximum Gasteiger partial charge on any atom is 0.303 e. The fourth-order valence-electron chi connectivity index (χ4n) is 2.12. The lowest BCUT2D eigenvalue weighted by molar-refractivity contribution is -0.137. The molecule has 0 spiro atoms. The van der Waals surface area contributed by atoms with E-state index in [0.29, 0.717) is 19.3 Å². The van der Waals surface area contributed by atoms with Gasteiger partial charge in [-0.05, 0) is 31.9 Å². The highest BCUT2D eigenvalue weighted by Crippen LogP contribution is 2.15. The average molecular weight is 289 g/mol. The van der Waals surface area contributed by atoms with E-state index in [1.54, 1.807) is 0 Å². The molecule has 1 aromatic heterocycles. The lowest BCUT2D eigenvalue weighted by atomic mass is 10.2. The third-order valence-electron chi connectivity index (χ3n) is 3.24. The zero-order valence-corrected chi connectivity index (χ0v) is 11.9. The van der Waals surface area contributed by atoms with Crippen molar-refractivity contribution in [2.24, 2.45) is 0 Å². The molecule has 1 atom stereocenters. The Balaban J connectivity index is 1.84. The van der Waals surface area contributed by atoms with E-state index in [9.17, 15) is 9.59 Å². The van der Waals surface area contributed by atoms with Crippen LogP contribution in [0.25, 0.3) is 11.0 Å². The normalized spacial score (nSPS) is 12.2. The molecule has 0 saturated carbocycles. The van der Waals surface area contributed by atoms with Gasteiger partial charge in [-0.25, -0.2) is 4.98 Å². The summed E-state index contributed by atoms with van der Waals surface area (Å²) < 4.78 is 0. The first kappa shape index (κ1) is 15.0. The van der Waals surface area contributed by atoms with Gasteiger partial charge < -0.3 is 15.4 Å². The Bertz CT molecular complexity index is 603. The summed E-state index contributed by atoms with van der Waals surface area (Å²) in [5.74, 6) is -0.200. The number of unbranched alkanes of at least 4 members (excludes halogenated alkanes) is 1. The fourth-order valence-corrected chi connectivity index (χ4v) is 2.12. The van der Waals surface area contributed by atoms with E-state index in [0.717, 1.165) is 16.9 Å². The van der Waals surface area contributed by atoms with E-state index < -0.39 is 5.97 Å². The minimum absolute atomic E-state index is 0.0895. The Morgan fingerprint density at radius 2 is 2.00 bits per heavy atom. The summed E-state index contributed by atoms with van der Waals surface area (Å²) in [6, 6.07) is 7.49. The van der Waals surface area contributed by atoms with Crippen molar-refractivity contribution in [3.63, 3.8) is 0 Å². The monoisotopic (exact) mass is 289 g/mol. The lowest BCUT2D eigenvalue weighted by Crippen LogP contribution is -2.27. The summed E-state index contributed by atoms with van der Waals surface area (Å²) in [6.07, 6.45) is 1.52. The zero-order valence-electron chi connectivity index (χ0n) is 11.9. The van der Waals surface area contributed by atoms with Crippen LogP contribution in [0.3, 0.4) is 0 Å². The van der Waals surface area contributed by atoms with Crippen molar-refractivity contribution in [2.45, 2.75) is 38.6 Å². The molecule has 0 fully saturated rings. The van der Waals surface area contributed by atoms with Gasteiger partial charge in [0.05, 0.1) is 17.1 Å². The molecule has 0 aliphatic heterocycles. The molecule has 0 aliphatic rings. The number of rotatable bonds is 7. The number of imidazole rings is 1. The van der Waals surface area contributed by atoms with Crippen LogP contribution < -0.4 is 5.32 Å². The number of hydrogen-bond donors (Lipinski definition) is 3. The first-order valence-corrected chi connectivity index (χ1v) is 7.02. The Kier molecular flexibility index (Phi) is 4.92. The minimum atomic E-state index is -0.828. The molecule has 6 nitrogen and oxygen atoms in total. The van der Waals surface area contributed by atoms with Gasteiger partial charge in [-0.1, -0.05) is 12.1 Å². The predicted molar refractivity (Wildman–Crippen MR) is 78.8 cm³/mol. The lowest BCUT2D eigenvalue weighted by Gasteiger charge is -2.11. The molecule has 0 radical (unpaired) electrons. The molecule has 1 unspecified atom stereocenters. The number of carboxylic acids is 1. The van der Waals surface area contributed by atoms with Crippen LogP contribution >= 0.6 is 0 Å². The highest BCUT2D eigenvalue weighted by molar-refractivity contribution is 5.77. The number of nitrogens with one attached hydrogen (secondary N) is 2. The number of carboxylic acid groups (broad SMARTS) is 1. The Morgan fingerprint density at radius 3 is 2.71 bits per heavy atom. The topological polar surface area (TPSA) is 95.1 Å². The van der Waals surface area contributed by atoms with E-state index in [-0.39, 0.29) is 18.4 Å². The van der Waals surface area contributed by atoms with Gasteiger partial charge in [0.1, 0.15) is 5.82 Å². The van der Waals surface area contributed by atoms with Gasteiger partial charge >= 0.3 is 5.97 Å². The Morgan fingerprint density at radius 1 is 1.29 bits per heavy atom. The maximum atomic E-state index is 11.8. The number of benzene rings is 1. The van der Waals surface area contributed by atoms with Gasteiger partial charge in [0, 0.05) is 12.8 Å². The number of hydrogen-bond acceptors (Lipinski definition) is 3. The van der Waals surface area contributed by atoms with Crippen molar-refractivity contribution in [3.05, 3.63) is 30.1 Å². The highest BCUT2D eigenvalue weighted by atomic mass is 16.4. The van der Waals surface area contributed by atoms with E-state index in [1.807, 2.05) is 31.2 Å². The molecule has 2 aromatic rings. The number of para-hydroxylation sites is 2. The Hall–Kier alpha value is -2.37. The van der Waals surface area contributed by atoms with Gasteiger partial charge in [-0.3, -0.25) is 9.59 Å². The van der Waals surface area contributed by atoms with Gasteiger partial charge in [0.15, 0.2) is 0 Å². The second-order valence-electron chi connectivity index (χ2n) is 5.03. The third kappa shape index (κ3) is 4.30. The molecule has 2 rings (SSSR count). The molecule has 6 heteroatoms. The van der Waals surface area contributed by atoms with Gasteiger partial charge in [-0.2, -0.15) is 0 Å². The smallest absolute Gasteiger partial charge is 0.303 e. The minimum Gasteiger partial charge on any atom is -0.481 e. The number of aromatic amines is 1. The number of aromatic nitrogens is 2. The van der Waals surface area contributed by atoms with Crippen LogP contribution in [0.5, 0.6) is 0 Å². The van der Waals surface area contributed by atoms with Crippen LogP contribution in [0.1, 0.15) is 44.5 Å². The molecule has 0 aliphatic carbocycles. The molecule has 3 N–H and O–H groups in total. The highest BCUT2D eigenvalue weighted by Gasteiger charge is 2.13. The van der Waals surface area contributed by atoms with E-state index in [1.165, 1.54) is 0 Å². The van der Waals surface area contributed by atoms with Gasteiger partial charge in [-0.15, -0.1) is 0 Å². The van der Waals surface area contributed by atoms with Crippen LogP contribution in [0.2, 0.25) is 0 Å². The summed E-state index contributed by atoms with van der Waals surface area (Å²) in [4.78, 5) is 29.8. The van der Waals surface area contributed by atoms with Crippen molar-refractivity contribution >= 4 is 22.9 Å². The van der Waals surface area contributed by atoms with Crippen molar-refractivity contribution in [3.8, 4) is 0 Å². The third-order valence-corrected chi connectivity index (χ3v) is 3.24. The zero-order chi connectivity index (χ0) is 15.2. The van der Waals surface area contributed by atoms with Crippen molar-refractivity contribution < 1.29 is 14.7 Å². The van der Waals surface area contributed by atoms with Crippen LogP contribution in [-0.2, 0) is 9.59 Å². The van der Waals surface area contributed by atoms with Gasteiger partial charge in [0.25, 0.3) is 0 Å². The first-order chi connectivity index (χ1) is 10.1. The fraction of sp³-hybridized carbons (Fsp3) is 0.400. The van der Waals surface area contributed by atoms with Crippen LogP contribution in [0.4, 0.5) is 0 Å². The second kappa shape index (κ2) is 6.88. The first-order valence-electron chi connectivity index (χ1n) is 7.02. The number of amides is 1. The van der Waals surface area contributed by atoms with E-state index in [4.69, 9.17) is 5.11 Å². The van der Waals surface area contributed by atoms with E-state index in [2.05, 4.69) is 15.3 Å². The van der Waals surface area contributed by atoms with Crippen molar-refractivity contribution in [2.75, 3.05) is 0 Å². The van der Waals surface area contributed by atoms with Crippen LogP contribution in [0.15, 0.2) is 24.3 Å². The SMILES string of the molecule is CC(NC(=O)CCCCC(=O)O)c1nc2ccccc2[nH]1. The quantitative estimate of drug-likeness (QED) is 0.682. The average Bonchev–Trinajstić information content (AvgIpc) is 2.87. The van der Waals surface area contributed by atoms with Crippen LogP contribution in [0, 0.1) is 0 Å². The van der Waals surface area contributed by atoms with Gasteiger partial charge in [0.2, 0.25) is 5.91 Å². The summed E-state index contributed by atoms with van der Waals surface area (Å²) in [5.41, 5.74) is 1.81.